The third-order valence-corrected chi connectivity index (χ3v) is 9.78. The van der Waals surface area contributed by atoms with Crippen molar-refractivity contribution in [3.05, 3.63) is 103 Å². The van der Waals surface area contributed by atoms with Crippen molar-refractivity contribution in [2.24, 2.45) is 0 Å². The first-order chi connectivity index (χ1) is 20.8. The fourth-order valence-electron chi connectivity index (χ4n) is 7.82. The summed E-state index contributed by atoms with van der Waals surface area (Å²) in [5, 5.41) is 5.04. The Morgan fingerprint density at radius 1 is 0.452 bits per heavy atom. The average molecular weight is 548 g/mol. The van der Waals surface area contributed by atoms with Crippen LogP contribution in [0.25, 0.3) is 55.2 Å². The maximum atomic E-state index is 5.26. The van der Waals surface area contributed by atoms with Crippen molar-refractivity contribution in [3.8, 4) is 11.6 Å². The van der Waals surface area contributed by atoms with E-state index in [0.29, 0.717) is 11.8 Å². The largest absolute Gasteiger partial charge is 0.309 e. The van der Waals surface area contributed by atoms with Crippen LogP contribution in [-0.4, -0.2) is 24.1 Å². The Morgan fingerprint density at radius 3 is 1.50 bits per heavy atom. The molecular weight excluding hydrogens is 514 g/mol. The van der Waals surface area contributed by atoms with Gasteiger partial charge in [-0.1, -0.05) is 80.3 Å². The molecule has 0 amide bonds. The van der Waals surface area contributed by atoms with E-state index >= 15 is 0 Å². The first-order valence-electron chi connectivity index (χ1n) is 15.6. The van der Waals surface area contributed by atoms with Gasteiger partial charge in [-0.25, -0.2) is 4.98 Å². The summed E-state index contributed by atoms with van der Waals surface area (Å²) in [6.45, 7) is 0. The monoisotopic (exact) mass is 547 g/mol. The second kappa shape index (κ2) is 9.52. The molecule has 2 aliphatic carbocycles. The first-order valence-corrected chi connectivity index (χ1v) is 15.6. The molecule has 9 rings (SSSR count). The average Bonchev–Trinajstić information content (AvgIpc) is 3.86. The summed E-state index contributed by atoms with van der Waals surface area (Å²) < 4.78 is 4.72. The van der Waals surface area contributed by atoms with Crippen LogP contribution in [0.1, 0.15) is 74.9 Å². The second-order valence-electron chi connectivity index (χ2n) is 12.2. The van der Waals surface area contributed by atoms with Gasteiger partial charge in [0.05, 0.1) is 22.1 Å². The van der Waals surface area contributed by atoms with Gasteiger partial charge in [-0.05, 0) is 62.1 Å². The molecule has 206 valence electrons. The summed E-state index contributed by atoms with van der Waals surface area (Å²) in [5.74, 6) is 3.68. The number of hydrogen-bond donors (Lipinski definition) is 0. The highest BCUT2D eigenvalue weighted by molar-refractivity contribution is 6.28. The van der Waals surface area contributed by atoms with Gasteiger partial charge in [0.1, 0.15) is 11.6 Å². The molecule has 5 heteroatoms. The van der Waals surface area contributed by atoms with Gasteiger partial charge in [-0.15, -0.1) is 0 Å². The van der Waals surface area contributed by atoms with E-state index in [-0.39, 0.29) is 0 Å². The van der Waals surface area contributed by atoms with Gasteiger partial charge in [0.25, 0.3) is 0 Å². The number of rotatable bonds is 4. The predicted molar refractivity (Wildman–Crippen MR) is 171 cm³/mol. The molecular formula is C37H33N5. The van der Waals surface area contributed by atoms with Gasteiger partial charge in [0.15, 0.2) is 0 Å². The fraction of sp³-hybridized carbons (Fsp3) is 0.270. The Kier molecular flexibility index (Phi) is 5.47. The molecule has 0 unspecified atom stereocenters. The quantitative estimate of drug-likeness (QED) is 0.221. The van der Waals surface area contributed by atoms with Crippen LogP contribution >= 0.6 is 0 Å². The molecule has 4 aromatic carbocycles. The molecule has 2 aliphatic rings. The zero-order chi connectivity index (χ0) is 27.6. The third kappa shape index (κ3) is 3.59. The highest BCUT2D eigenvalue weighted by Gasteiger charge is 2.28. The molecule has 3 aromatic heterocycles. The van der Waals surface area contributed by atoms with Crippen molar-refractivity contribution in [1.29, 1.82) is 0 Å². The van der Waals surface area contributed by atoms with Gasteiger partial charge in [-0.2, -0.15) is 9.97 Å². The Balaban J connectivity index is 1.38. The summed E-state index contributed by atoms with van der Waals surface area (Å²) in [4.78, 5) is 15.7. The van der Waals surface area contributed by atoms with Crippen LogP contribution in [0.2, 0.25) is 0 Å². The maximum absolute atomic E-state index is 5.26. The lowest BCUT2D eigenvalue weighted by atomic mass is 10.1. The molecule has 0 saturated heterocycles. The minimum atomic E-state index is 0.440. The van der Waals surface area contributed by atoms with Crippen LogP contribution in [0.5, 0.6) is 0 Å². The summed E-state index contributed by atoms with van der Waals surface area (Å²) >= 11 is 0. The van der Waals surface area contributed by atoms with Crippen LogP contribution in [-0.2, 0) is 0 Å². The van der Waals surface area contributed by atoms with Gasteiger partial charge in [0.2, 0.25) is 5.95 Å². The summed E-state index contributed by atoms with van der Waals surface area (Å²) in [7, 11) is 0. The Hall–Kier alpha value is -4.51. The molecule has 0 N–H and O–H groups in total. The minimum absolute atomic E-state index is 0.440. The van der Waals surface area contributed by atoms with Crippen LogP contribution < -0.4 is 0 Å². The smallest absolute Gasteiger partial charge is 0.238 e. The van der Waals surface area contributed by atoms with E-state index in [4.69, 9.17) is 15.0 Å². The van der Waals surface area contributed by atoms with Gasteiger partial charge < -0.3 is 4.57 Å². The zero-order valence-corrected chi connectivity index (χ0v) is 23.7. The number of fused-ring (bicyclic) bond motifs is 7. The van der Waals surface area contributed by atoms with E-state index in [9.17, 15) is 0 Å². The van der Waals surface area contributed by atoms with Gasteiger partial charge in [0, 0.05) is 39.1 Å². The normalized spacial score (nSPS) is 16.6. The molecule has 3 heterocycles. The summed E-state index contributed by atoms with van der Waals surface area (Å²) in [6, 6.07) is 32.9. The van der Waals surface area contributed by atoms with E-state index in [1.54, 1.807) is 0 Å². The van der Waals surface area contributed by atoms with Crippen molar-refractivity contribution in [3.63, 3.8) is 0 Å². The first kappa shape index (κ1) is 24.1. The standard InChI is InChI=1S/C37H33N5/c1-2-16-26(17-3-1)41-29-20-10-8-18-27(29)33-31(41)22-23-32-34(33)28-19-9-11-21-30(28)42(32)37-39-35(24-12-4-5-13-24)38-36(40-37)25-14-6-7-15-25/h1-3,8-11,16-25H,4-7,12-15H2. The lowest BCUT2D eigenvalue weighted by molar-refractivity contribution is 0.604. The molecule has 0 atom stereocenters. The van der Waals surface area contributed by atoms with Crippen LogP contribution in [0.3, 0.4) is 0 Å². The predicted octanol–water partition coefficient (Wildman–Crippen LogP) is 9.38. The van der Waals surface area contributed by atoms with Crippen molar-refractivity contribution < 1.29 is 0 Å². The number of nitrogens with zero attached hydrogens (tertiary/aromatic N) is 5. The van der Waals surface area contributed by atoms with Crippen molar-refractivity contribution in [1.82, 2.24) is 24.1 Å². The summed E-state index contributed by atoms with van der Waals surface area (Å²) in [6.07, 6.45) is 9.79. The Bertz CT molecular complexity index is 2070. The molecule has 5 nitrogen and oxygen atoms in total. The minimum Gasteiger partial charge on any atom is -0.309 e. The Morgan fingerprint density at radius 2 is 0.929 bits per heavy atom. The van der Waals surface area contributed by atoms with E-state index < -0.39 is 0 Å². The molecule has 0 radical (unpaired) electrons. The van der Waals surface area contributed by atoms with E-state index in [0.717, 1.165) is 28.6 Å². The molecule has 42 heavy (non-hydrogen) atoms. The lowest BCUT2D eigenvalue weighted by Gasteiger charge is -2.16. The van der Waals surface area contributed by atoms with Crippen molar-refractivity contribution in [2.45, 2.75) is 63.2 Å². The topological polar surface area (TPSA) is 48.5 Å². The third-order valence-electron chi connectivity index (χ3n) is 9.78. The second-order valence-corrected chi connectivity index (χ2v) is 12.2. The van der Waals surface area contributed by atoms with E-state index in [1.807, 2.05) is 0 Å². The molecule has 0 aliphatic heterocycles. The van der Waals surface area contributed by atoms with Gasteiger partial charge in [-0.3, -0.25) is 4.57 Å². The number of benzene rings is 4. The number of hydrogen-bond acceptors (Lipinski definition) is 3. The molecule has 0 bridgehead atoms. The van der Waals surface area contributed by atoms with Crippen molar-refractivity contribution in [2.75, 3.05) is 0 Å². The van der Waals surface area contributed by atoms with Crippen LogP contribution in [0.4, 0.5) is 0 Å². The fourth-order valence-corrected chi connectivity index (χ4v) is 7.82. The molecule has 0 spiro atoms. The SMILES string of the molecule is c1ccc(-n2c3ccccc3c3c4c5ccccc5n(-c5nc(C6CCCC6)nc(C6CCCC6)n5)c4ccc32)cc1. The van der Waals surface area contributed by atoms with E-state index in [1.165, 1.54) is 89.6 Å². The number of para-hydroxylation sites is 3. The maximum Gasteiger partial charge on any atom is 0.238 e. The molecule has 2 fully saturated rings. The lowest BCUT2D eigenvalue weighted by Crippen LogP contribution is -2.13. The highest BCUT2D eigenvalue weighted by Crippen LogP contribution is 2.42. The zero-order valence-electron chi connectivity index (χ0n) is 23.7. The van der Waals surface area contributed by atoms with Crippen LogP contribution in [0, 0.1) is 0 Å². The van der Waals surface area contributed by atoms with Crippen LogP contribution in [0.15, 0.2) is 91.0 Å². The molecule has 2 saturated carbocycles. The van der Waals surface area contributed by atoms with Crippen molar-refractivity contribution >= 4 is 43.6 Å². The van der Waals surface area contributed by atoms with Gasteiger partial charge >= 0.3 is 0 Å². The summed E-state index contributed by atoms with van der Waals surface area (Å²) in [5.41, 5.74) is 5.91. The Labute approximate surface area is 244 Å². The number of aromatic nitrogens is 5. The highest BCUT2D eigenvalue weighted by atomic mass is 15.2. The molecule has 7 aromatic rings. The van der Waals surface area contributed by atoms with E-state index in [2.05, 4.69) is 100 Å².